The summed E-state index contributed by atoms with van der Waals surface area (Å²) in [5, 5.41) is 9.60. The zero-order chi connectivity index (χ0) is 12.3. The number of methoxy groups -OCH3 is 1. The molecule has 6 heteroatoms. The minimum Gasteiger partial charge on any atom is -0.383 e. The lowest BCUT2D eigenvalue weighted by atomic mass is 10.2. The number of H-pyrrole nitrogens is 1. The number of rotatable bonds is 6. The summed E-state index contributed by atoms with van der Waals surface area (Å²) in [6.45, 7) is 2.50. The van der Waals surface area contributed by atoms with Crippen molar-refractivity contribution in [3.05, 3.63) is 11.6 Å². The third-order valence-corrected chi connectivity index (χ3v) is 2.87. The van der Waals surface area contributed by atoms with E-state index in [0.717, 1.165) is 25.1 Å². The van der Waals surface area contributed by atoms with Gasteiger partial charge in [-0.2, -0.15) is 0 Å². The van der Waals surface area contributed by atoms with E-state index in [1.165, 1.54) is 0 Å². The van der Waals surface area contributed by atoms with Crippen LogP contribution in [0.1, 0.15) is 48.5 Å². The van der Waals surface area contributed by atoms with E-state index in [4.69, 9.17) is 4.74 Å². The topological polar surface area (TPSA) is 79.9 Å². The van der Waals surface area contributed by atoms with Gasteiger partial charge in [0.1, 0.15) is 5.82 Å². The number of aromatic amines is 1. The Bertz CT molecular complexity index is 387. The first-order valence-electron chi connectivity index (χ1n) is 5.96. The molecule has 0 bridgehead atoms. The maximum Gasteiger partial charge on any atom is 0.291 e. The molecule has 2 N–H and O–H groups in total. The third kappa shape index (κ3) is 3.03. The molecule has 1 aliphatic rings. The highest BCUT2D eigenvalue weighted by molar-refractivity contribution is 5.90. The van der Waals surface area contributed by atoms with E-state index in [1.54, 1.807) is 7.11 Å². The molecule has 17 heavy (non-hydrogen) atoms. The molecule has 0 aliphatic heterocycles. The third-order valence-electron chi connectivity index (χ3n) is 2.87. The molecular weight excluding hydrogens is 220 g/mol. The van der Waals surface area contributed by atoms with Crippen LogP contribution >= 0.6 is 0 Å². The van der Waals surface area contributed by atoms with Crippen molar-refractivity contribution in [3.8, 4) is 0 Å². The number of carbonyl (C=O) groups is 1. The highest BCUT2D eigenvalue weighted by atomic mass is 16.5. The molecule has 6 nitrogen and oxygen atoms in total. The van der Waals surface area contributed by atoms with E-state index < -0.39 is 0 Å². The van der Waals surface area contributed by atoms with E-state index in [1.807, 2.05) is 6.92 Å². The first-order valence-corrected chi connectivity index (χ1v) is 5.96. The monoisotopic (exact) mass is 238 g/mol. The lowest BCUT2D eigenvalue weighted by Crippen LogP contribution is -2.38. The Balaban J connectivity index is 1.93. The normalized spacial score (nSPS) is 16.8. The van der Waals surface area contributed by atoms with Gasteiger partial charge in [-0.25, -0.2) is 4.98 Å². The first kappa shape index (κ1) is 12.0. The molecule has 0 aromatic carbocycles. The summed E-state index contributed by atoms with van der Waals surface area (Å²) >= 11 is 0. The van der Waals surface area contributed by atoms with Crippen LogP contribution in [-0.2, 0) is 4.74 Å². The Morgan fingerprint density at radius 2 is 2.41 bits per heavy atom. The Labute approximate surface area is 100 Å². The molecule has 94 valence electrons. The van der Waals surface area contributed by atoms with Gasteiger partial charge in [0, 0.05) is 13.0 Å². The van der Waals surface area contributed by atoms with E-state index in [2.05, 4.69) is 20.5 Å². The highest BCUT2D eigenvalue weighted by Gasteiger charge is 2.28. The van der Waals surface area contributed by atoms with Crippen molar-refractivity contribution in [2.24, 2.45) is 0 Å². The maximum absolute atomic E-state index is 11.8. The van der Waals surface area contributed by atoms with Gasteiger partial charge in [-0.3, -0.25) is 9.89 Å². The van der Waals surface area contributed by atoms with Gasteiger partial charge in [-0.1, -0.05) is 6.92 Å². The van der Waals surface area contributed by atoms with Gasteiger partial charge in [-0.15, -0.1) is 5.10 Å². The van der Waals surface area contributed by atoms with Crippen molar-refractivity contribution in [1.82, 2.24) is 20.5 Å². The minimum atomic E-state index is -0.239. The summed E-state index contributed by atoms with van der Waals surface area (Å²) in [6.07, 6.45) is 3.09. The van der Waals surface area contributed by atoms with E-state index in [9.17, 15) is 4.79 Å². The van der Waals surface area contributed by atoms with Crippen molar-refractivity contribution in [3.63, 3.8) is 0 Å². The molecule has 2 rings (SSSR count). The van der Waals surface area contributed by atoms with Crippen molar-refractivity contribution < 1.29 is 9.53 Å². The number of ether oxygens (including phenoxy) is 1. The van der Waals surface area contributed by atoms with Gasteiger partial charge >= 0.3 is 0 Å². The van der Waals surface area contributed by atoms with Crippen LogP contribution in [0.2, 0.25) is 0 Å². The summed E-state index contributed by atoms with van der Waals surface area (Å²) in [5.74, 6) is 1.29. The van der Waals surface area contributed by atoms with E-state index in [0.29, 0.717) is 12.5 Å². The fourth-order valence-corrected chi connectivity index (χ4v) is 1.63. The molecule has 0 saturated heterocycles. The number of nitrogens with one attached hydrogen (secondary N) is 2. The average Bonchev–Trinajstić information content (AvgIpc) is 3.06. The van der Waals surface area contributed by atoms with Crippen molar-refractivity contribution >= 4 is 5.91 Å². The predicted molar refractivity (Wildman–Crippen MR) is 61.8 cm³/mol. The number of hydrogen-bond acceptors (Lipinski definition) is 4. The summed E-state index contributed by atoms with van der Waals surface area (Å²) in [6, 6.07) is 0.00961. The summed E-state index contributed by atoms with van der Waals surface area (Å²) in [4.78, 5) is 16.0. The Hall–Kier alpha value is -1.43. The molecule has 1 heterocycles. The zero-order valence-corrected chi connectivity index (χ0v) is 10.2. The molecule has 1 saturated carbocycles. The lowest BCUT2D eigenvalue weighted by molar-refractivity contribution is 0.0884. The number of carbonyl (C=O) groups excluding carboxylic acids is 1. The van der Waals surface area contributed by atoms with E-state index in [-0.39, 0.29) is 17.8 Å². The van der Waals surface area contributed by atoms with Crippen LogP contribution in [0, 0.1) is 0 Å². The fraction of sp³-hybridized carbons (Fsp3) is 0.727. The van der Waals surface area contributed by atoms with Crippen LogP contribution in [-0.4, -0.2) is 40.8 Å². The van der Waals surface area contributed by atoms with Crippen LogP contribution < -0.4 is 5.32 Å². The summed E-state index contributed by atoms with van der Waals surface area (Å²) in [7, 11) is 1.62. The molecule has 1 aromatic heterocycles. The maximum atomic E-state index is 11.8. The van der Waals surface area contributed by atoms with Gasteiger partial charge in [0.25, 0.3) is 5.91 Å². The van der Waals surface area contributed by atoms with Crippen LogP contribution in [0.5, 0.6) is 0 Å². The second kappa shape index (κ2) is 5.27. The van der Waals surface area contributed by atoms with Crippen LogP contribution in [0.25, 0.3) is 0 Å². The number of hydrogen-bond donors (Lipinski definition) is 2. The largest absolute Gasteiger partial charge is 0.383 e. The quantitative estimate of drug-likeness (QED) is 0.769. The van der Waals surface area contributed by atoms with Crippen molar-refractivity contribution in [2.75, 3.05) is 13.7 Å². The van der Waals surface area contributed by atoms with Gasteiger partial charge in [0.2, 0.25) is 5.82 Å². The van der Waals surface area contributed by atoms with Crippen molar-refractivity contribution in [2.45, 2.75) is 38.1 Å². The smallest absolute Gasteiger partial charge is 0.291 e. The van der Waals surface area contributed by atoms with Crippen LogP contribution in [0.4, 0.5) is 0 Å². The molecule has 0 radical (unpaired) electrons. The lowest BCUT2D eigenvalue weighted by Gasteiger charge is -2.14. The zero-order valence-electron chi connectivity index (χ0n) is 10.2. The van der Waals surface area contributed by atoms with Crippen molar-refractivity contribution in [1.29, 1.82) is 0 Å². The first-order chi connectivity index (χ1) is 8.24. The molecule has 1 aromatic rings. The average molecular weight is 238 g/mol. The predicted octanol–water partition coefficient (Wildman–Crippen LogP) is 0.837. The number of aromatic nitrogens is 3. The van der Waals surface area contributed by atoms with Gasteiger partial charge in [-0.05, 0) is 19.3 Å². The standard InChI is InChI=1S/C11H18N4O2/c1-3-8(6-17-2)12-11(16)10-13-9(14-15-10)7-4-5-7/h7-8H,3-6H2,1-2H3,(H,12,16)(H,13,14,15). The molecule has 1 unspecified atom stereocenters. The van der Waals surface area contributed by atoms with Gasteiger partial charge < -0.3 is 10.1 Å². The number of amides is 1. The number of nitrogens with zero attached hydrogens (tertiary/aromatic N) is 2. The molecule has 1 atom stereocenters. The van der Waals surface area contributed by atoms with Crippen LogP contribution in [0.3, 0.4) is 0 Å². The minimum absolute atomic E-state index is 0.00961. The second-order valence-electron chi connectivity index (χ2n) is 4.35. The summed E-state index contributed by atoms with van der Waals surface area (Å²) in [5.41, 5.74) is 0. The fourth-order valence-electron chi connectivity index (χ4n) is 1.63. The van der Waals surface area contributed by atoms with Crippen LogP contribution in [0.15, 0.2) is 0 Å². The molecule has 0 spiro atoms. The second-order valence-corrected chi connectivity index (χ2v) is 4.35. The van der Waals surface area contributed by atoms with E-state index >= 15 is 0 Å². The Morgan fingerprint density at radius 1 is 1.65 bits per heavy atom. The molecule has 1 fully saturated rings. The summed E-state index contributed by atoms with van der Waals surface area (Å²) < 4.78 is 5.02. The molecule has 1 amide bonds. The highest BCUT2D eigenvalue weighted by Crippen LogP contribution is 2.37. The Kier molecular flexibility index (Phi) is 3.73. The van der Waals surface area contributed by atoms with Gasteiger partial charge in [0.05, 0.1) is 12.6 Å². The Morgan fingerprint density at radius 3 is 3.00 bits per heavy atom. The molecule has 1 aliphatic carbocycles. The van der Waals surface area contributed by atoms with Gasteiger partial charge in [0.15, 0.2) is 0 Å². The molecular formula is C11H18N4O2. The SMILES string of the molecule is CCC(COC)NC(=O)c1n[nH]c(C2CC2)n1.